The summed E-state index contributed by atoms with van der Waals surface area (Å²) in [7, 11) is -3.49. The van der Waals surface area contributed by atoms with Crippen LogP contribution in [0.3, 0.4) is 0 Å². The Labute approximate surface area is 191 Å². The van der Waals surface area contributed by atoms with Crippen LogP contribution < -0.4 is 5.32 Å². The van der Waals surface area contributed by atoms with Crippen LogP contribution in [0, 0.1) is 0 Å². The summed E-state index contributed by atoms with van der Waals surface area (Å²) in [6.45, 7) is -0.0212. The lowest BCUT2D eigenvalue weighted by molar-refractivity contribution is 0.0956. The van der Waals surface area contributed by atoms with Gasteiger partial charge in [0.1, 0.15) is 5.69 Å². The fourth-order valence-electron chi connectivity index (χ4n) is 3.21. The van der Waals surface area contributed by atoms with Crippen molar-refractivity contribution in [2.45, 2.75) is 4.90 Å². The first kappa shape index (κ1) is 21.8. The highest BCUT2D eigenvalue weighted by Crippen LogP contribution is 2.25. The van der Waals surface area contributed by atoms with Gasteiger partial charge >= 0.3 is 0 Å². The van der Waals surface area contributed by atoms with E-state index in [9.17, 15) is 13.2 Å². The van der Waals surface area contributed by atoms with Crippen molar-refractivity contribution in [3.8, 4) is 16.9 Å². The van der Waals surface area contributed by atoms with Crippen LogP contribution in [-0.4, -0.2) is 36.4 Å². The van der Waals surface area contributed by atoms with E-state index in [0.29, 0.717) is 16.3 Å². The Kier molecular flexibility index (Phi) is 6.39. The summed E-state index contributed by atoms with van der Waals surface area (Å²) in [5.74, 6) is -0.605. The molecule has 32 heavy (non-hydrogen) atoms. The third-order valence-corrected chi connectivity index (χ3v) is 6.84. The fraction of sp³-hybridized carbons (Fsp3) is 0.0833. The van der Waals surface area contributed by atoms with Gasteiger partial charge in [-0.05, 0) is 36.4 Å². The molecule has 8 heteroatoms. The largest absolute Gasteiger partial charge is 0.351 e. The number of hydrogen-bond donors (Lipinski definition) is 1. The van der Waals surface area contributed by atoms with Crippen molar-refractivity contribution < 1.29 is 13.2 Å². The van der Waals surface area contributed by atoms with E-state index < -0.39 is 15.7 Å². The molecule has 1 amide bonds. The summed E-state index contributed by atoms with van der Waals surface area (Å²) in [5, 5.41) is 7.89. The van der Waals surface area contributed by atoms with Gasteiger partial charge in [-0.25, -0.2) is 13.1 Å². The first-order chi connectivity index (χ1) is 15.4. The number of halogens is 1. The molecule has 162 valence electrons. The predicted molar refractivity (Wildman–Crippen MR) is 125 cm³/mol. The molecule has 0 saturated heterocycles. The number of nitrogens with zero attached hydrogens (tertiary/aromatic N) is 2. The lowest BCUT2D eigenvalue weighted by Crippen LogP contribution is -2.29. The number of carbonyl (C=O) groups is 1. The molecular formula is C24H20ClN3O3S. The molecule has 1 heterocycles. The maximum Gasteiger partial charge on any atom is 0.255 e. The first-order valence-electron chi connectivity index (χ1n) is 9.91. The van der Waals surface area contributed by atoms with Crippen LogP contribution in [0.25, 0.3) is 16.9 Å². The SMILES string of the molecule is O=C(NCCS(=O)(=O)c1ccccc1)c1cn(-c2ccccc2)nc1-c1ccc(Cl)cc1. The number of benzene rings is 3. The van der Waals surface area contributed by atoms with Gasteiger partial charge in [-0.15, -0.1) is 0 Å². The predicted octanol–water partition coefficient (Wildman–Crippen LogP) is 4.40. The molecule has 0 spiro atoms. The second-order valence-electron chi connectivity index (χ2n) is 7.07. The van der Waals surface area contributed by atoms with E-state index in [-0.39, 0.29) is 17.2 Å². The molecule has 4 rings (SSSR count). The van der Waals surface area contributed by atoms with Crippen LogP contribution in [-0.2, 0) is 9.84 Å². The van der Waals surface area contributed by atoms with Crippen LogP contribution in [0.4, 0.5) is 0 Å². The summed E-state index contributed by atoms with van der Waals surface area (Å²) < 4.78 is 26.6. The molecule has 1 aromatic heterocycles. The van der Waals surface area contributed by atoms with Crippen molar-refractivity contribution in [3.63, 3.8) is 0 Å². The molecule has 0 unspecified atom stereocenters. The highest BCUT2D eigenvalue weighted by Gasteiger charge is 2.20. The Morgan fingerprint density at radius 1 is 0.906 bits per heavy atom. The van der Waals surface area contributed by atoms with Crippen molar-refractivity contribution in [1.82, 2.24) is 15.1 Å². The number of hydrogen-bond acceptors (Lipinski definition) is 4. The summed E-state index contributed by atoms with van der Waals surface area (Å²) in [6.07, 6.45) is 1.64. The summed E-state index contributed by atoms with van der Waals surface area (Å²) in [5.41, 5.74) is 2.35. The molecule has 3 aromatic carbocycles. The van der Waals surface area contributed by atoms with Crippen molar-refractivity contribution in [1.29, 1.82) is 0 Å². The highest BCUT2D eigenvalue weighted by atomic mass is 35.5. The van der Waals surface area contributed by atoms with Crippen molar-refractivity contribution in [2.24, 2.45) is 0 Å². The van der Waals surface area contributed by atoms with Gasteiger partial charge in [0.2, 0.25) is 0 Å². The molecule has 0 radical (unpaired) electrons. The topological polar surface area (TPSA) is 81.1 Å². The normalized spacial score (nSPS) is 11.3. The van der Waals surface area contributed by atoms with E-state index >= 15 is 0 Å². The highest BCUT2D eigenvalue weighted by molar-refractivity contribution is 7.91. The molecular weight excluding hydrogens is 446 g/mol. The summed E-state index contributed by atoms with van der Waals surface area (Å²) in [4.78, 5) is 13.2. The van der Waals surface area contributed by atoms with Gasteiger partial charge in [0.15, 0.2) is 9.84 Å². The number of amides is 1. The number of sulfone groups is 1. The lowest BCUT2D eigenvalue weighted by atomic mass is 10.1. The third kappa shape index (κ3) is 4.90. The van der Waals surface area contributed by atoms with Gasteiger partial charge in [0.25, 0.3) is 5.91 Å². The molecule has 0 aliphatic heterocycles. The zero-order valence-electron chi connectivity index (χ0n) is 17.0. The van der Waals surface area contributed by atoms with Gasteiger partial charge in [-0.3, -0.25) is 4.79 Å². The van der Waals surface area contributed by atoms with E-state index in [0.717, 1.165) is 11.3 Å². The number of aromatic nitrogens is 2. The standard InChI is InChI=1S/C24H20ClN3O3S/c25-19-13-11-18(12-14-19)23-22(17-28(27-23)20-7-3-1-4-8-20)24(29)26-15-16-32(30,31)21-9-5-2-6-10-21/h1-14,17H,15-16H2,(H,26,29). The van der Waals surface area contributed by atoms with Gasteiger partial charge in [-0.2, -0.15) is 5.10 Å². The molecule has 0 aliphatic rings. The van der Waals surface area contributed by atoms with Crippen LogP contribution in [0.15, 0.2) is 96.0 Å². The van der Waals surface area contributed by atoms with Crippen LogP contribution in [0.1, 0.15) is 10.4 Å². The lowest BCUT2D eigenvalue weighted by Gasteiger charge is -2.07. The minimum atomic E-state index is -3.49. The number of nitrogens with one attached hydrogen (secondary N) is 1. The Morgan fingerprint density at radius 2 is 1.53 bits per heavy atom. The Hall–Kier alpha value is -3.42. The Bertz CT molecular complexity index is 1320. The molecule has 0 fully saturated rings. The van der Waals surface area contributed by atoms with Crippen LogP contribution in [0.5, 0.6) is 0 Å². The van der Waals surface area contributed by atoms with Crippen molar-refractivity contribution >= 4 is 27.3 Å². The maximum atomic E-state index is 13.0. The monoisotopic (exact) mass is 465 g/mol. The molecule has 0 atom stereocenters. The molecule has 1 N–H and O–H groups in total. The van der Waals surface area contributed by atoms with E-state index in [1.54, 1.807) is 65.5 Å². The molecule has 0 saturated carbocycles. The van der Waals surface area contributed by atoms with Crippen molar-refractivity contribution in [3.05, 3.63) is 102 Å². The minimum absolute atomic E-state index is 0.0212. The minimum Gasteiger partial charge on any atom is -0.351 e. The van der Waals surface area contributed by atoms with Crippen LogP contribution in [0.2, 0.25) is 5.02 Å². The number of rotatable bonds is 7. The van der Waals surface area contributed by atoms with Crippen LogP contribution >= 0.6 is 11.6 Å². The summed E-state index contributed by atoms with van der Waals surface area (Å²) >= 11 is 6.00. The van der Waals surface area contributed by atoms with E-state index in [1.807, 2.05) is 30.3 Å². The summed E-state index contributed by atoms with van der Waals surface area (Å²) in [6, 6.07) is 24.6. The zero-order valence-corrected chi connectivity index (χ0v) is 18.6. The molecule has 0 bridgehead atoms. The zero-order chi connectivity index (χ0) is 22.6. The fourth-order valence-corrected chi connectivity index (χ4v) is 4.52. The van der Waals surface area contributed by atoms with E-state index in [4.69, 9.17) is 11.6 Å². The molecule has 6 nitrogen and oxygen atoms in total. The quantitative estimate of drug-likeness (QED) is 0.438. The Balaban J connectivity index is 1.58. The van der Waals surface area contributed by atoms with Crippen molar-refractivity contribution in [2.75, 3.05) is 12.3 Å². The second-order valence-corrected chi connectivity index (χ2v) is 9.61. The van der Waals surface area contributed by atoms with Gasteiger partial charge < -0.3 is 5.32 Å². The average Bonchev–Trinajstić information content (AvgIpc) is 3.26. The van der Waals surface area contributed by atoms with Gasteiger partial charge in [0, 0.05) is 23.3 Å². The first-order valence-corrected chi connectivity index (χ1v) is 11.9. The van der Waals surface area contributed by atoms with E-state index in [2.05, 4.69) is 10.4 Å². The van der Waals surface area contributed by atoms with Gasteiger partial charge in [0.05, 0.1) is 21.9 Å². The Morgan fingerprint density at radius 3 is 2.19 bits per heavy atom. The number of carbonyl (C=O) groups excluding carboxylic acids is 1. The maximum absolute atomic E-state index is 13.0. The molecule has 4 aromatic rings. The second kappa shape index (κ2) is 9.38. The smallest absolute Gasteiger partial charge is 0.255 e. The number of para-hydroxylation sites is 1. The third-order valence-electron chi connectivity index (χ3n) is 4.86. The average molecular weight is 466 g/mol. The molecule has 0 aliphatic carbocycles. The van der Waals surface area contributed by atoms with E-state index in [1.165, 1.54) is 0 Å². The van der Waals surface area contributed by atoms with Gasteiger partial charge in [-0.1, -0.05) is 60.1 Å².